The molecule has 1 atom stereocenters. The van der Waals surface area contributed by atoms with Crippen molar-refractivity contribution in [1.82, 2.24) is 10.5 Å². The molecule has 7 N–H and O–H groups in total. The van der Waals surface area contributed by atoms with Crippen molar-refractivity contribution in [1.29, 1.82) is 0 Å². The lowest BCUT2D eigenvalue weighted by Crippen LogP contribution is -2.39. The van der Waals surface area contributed by atoms with Crippen molar-refractivity contribution in [2.75, 3.05) is 11.3 Å². The molecule has 0 aromatic carbocycles. The van der Waals surface area contributed by atoms with Crippen LogP contribution >= 0.6 is 22.7 Å². The van der Waals surface area contributed by atoms with E-state index < -0.39 is 27.6 Å². The average molecular weight is 513 g/mol. The smallest absolute Gasteiger partial charge is 0.271 e. The lowest BCUT2D eigenvalue weighted by atomic mass is 10.0. The Morgan fingerprint density at radius 2 is 2.06 bits per heavy atom. The van der Waals surface area contributed by atoms with E-state index in [9.17, 15) is 23.2 Å². The molecule has 0 aliphatic heterocycles. The van der Waals surface area contributed by atoms with E-state index in [1.54, 1.807) is 6.07 Å². The monoisotopic (exact) mass is 512 g/mol. The zero-order valence-corrected chi connectivity index (χ0v) is 19.4. The fourth-order valence-corrected chi connectivity index (χ4v) is 5.91. The van der Waals surface area contributed by atoms with Crippen molar-refractivity contribution in [2.45, 2.75) is 23.1 Å². The van der Waals surface area contributed by atoms with Gasteiger partial charge in [0.15, 0.2) is 18.1 Å². The van der Waals surface area contributed by atoms with Gasteiger partial charge in [0.1, 0.15) is 9.09 Å². The van der Waals surface area contributed by atoms with Crippen LogP contribution in [0.3, 0.4) is 0 Å². The molecule has 3 rings (SSSR count). The molecule has 0 bridgehead atoms. The van der Waals surface area contributed by atoms with Gasteiger partial charge in [-0.25, -0.2) is 13.4 Å². The van der Waals surface area contributed by atoms with Crippen molar-refractivity contribution < 1.29 is 27.6 Å². The summed E-state index contributed by atoms with van der Waals surface area (Å²) in [7, 11) is -4.04. The second kappa shape index (κ2) is 10.7. The van der Waals surface area contributed by atoms with Gasteiger partial charge in [0, 0.05) is 6.54 Å². The summed E-state index contributed by atoms with van der Waals surface area (Å²) in [5, 5.41) is 10.8. The summed E-state index contributed by atoms with van der Waals surface area (Å²) in [4.78, 5) is 33.3. The first kappa shape index (κ1) is 24.5. The van der Waals surface area contributed by atoms with Gasteiger partial charge in [0.25, 0.3) is 10.0 Å². The number of nitrogens with zero attached hydrogens (tertiary/aromatic N) is 2. The van der Waals surface area contributed by atoms with Gasteiger partial charge in [-0.3, -0.25) is 19.3 Å². The maximum atomic E-state index is 12.8. The molecule has 3 aromatic heterocycles. The Bertz CT molecular complexity index is 1240. The van der Waals surface area contributed by atoms with Crippen molar-refractivity contribution in [3.63, 3.8) is 0 Å². The van der Waals surface area contributed by atoms with Gasteiger partial charge in [-0.1, -0.05) is 0 Å². The van der Waals surface area contributed by atoms with Gasteiger partial charge in [-0.2, -0.15) is 5.48 Å². The number of hydrogen-bond acceptors (Lipinski definition) is 11. The number of nitrogens with two attached hydrogens (primary N) is 2. The zero-order chi connectivity index (χ0) is 24.0. The number of oxazole rings is 1. The van der Waals surface area contributed by atoms with E-state index >= 15 is 0 Å². The Balaban J connectivity index is 1.72. The highest BCUT2D eigenvalue weighted by molar-refractivity contribution is 7.94. The highest BCUT2D eigenvalue weighted by atomic mass is 32.2. The zero-order valence-electron chi connectivity index (χ0n) is 16.9. The van der Waals surface area contributed by atoms with Crippen LogP contribution in [0.4, 0.5) is 5.69 Å². The van der Waals surface area contributed by atoms with E-state index in [0.717, 1.165) is 22.7 Å². The van der Waals surface area contributed by atoms with Gasteiger partial charge in [-0.15, -0.1) is 22.7 Å². The van der Waals surface area contributed by atoms with E-state index in [1.165, 1.54) is 30.1 Å². The van der Waals surface area contributed by atoms with Gasteiger partial charge in [0.2, 0.25) is 11.6 Å². The minimum atomic E-state index is -4.04. The third-order valence-electron chi connectivity index (χ3n) is 4.28. The Morgan fingerprint density at radius 1 is 1.27 bits per heavy atom. The normalized spacial score (nSPS) is 12.3. The number of Topliss-reactive ketones (excluding diaryl/α,β-unsaturated/α-hetero) is 2. The second-order valence-corrected chi connectivity index (χ2v) is 10.5. The molecule has 0 amide bonds. The number of carbonyl (C=O) groups is 2. The molecule has 0 aliphatic carbocycles. The molecule has 0 saturated carbocycles. The Labute approximate surface area is 196 Å². The molecule has 0 saturated heterocycles. The SMILES string of the molecule is NC(N)=NCCC[C@H](NO)C(=O)C(=O)c1sccc1NS(=O)(=O)c1ccc(-c2cnco2)s1. The molecule has 12 nitrogen and oxygen atoms in total. The Hall–Kier alpha value is -3.11. The number of hydroxylamine groups is 1. The van der Waals surface area contributed by atoms with E-state index in [4.69, 9.17) is 15.9 Å². The molecule has 0 unspecified atom stereocenters. The number of rotatable bonds is 12. The molecule has 3 aromatic rings. The molecule has 3 heterocycles. The third kappa shape index (κ3) is 6.02. The summed E-state index contributed by atoms with van der Waals surface area (Å²) in [5.74, 6) is -1.56. The largest absolute Gasteiger partial charge is 0.443 e. The fourth-order valence-electron chi connectivity index (χ4n) is 2.72. The van der Waals surface area contributed by atoms with E-state index in [-0.39, 0.29) is 33.7 Å². The van der Waals surface area contributed by atoms with Crippen LogP contribution in [0.1, 0.15) is 22.5 Å². The number of ketones is 2. The summed E-state index contributed by atoms with van der Waals surface area (Å²) in [6.07, 6.45) is 3.10. The maximum absolute atomic E-state index is 12.8. The first-order chi connectivity index (χ1) is 15.7. The summed E-state index contributed by atoms with van der Waals surface area (Å²) in [5.41, 5.74) is 12.2. The van der Waals surface area contributed by atoms with Crippen LogP contribution in [0.15, 0.2) is 49.8 Å². The molecule has 176 valence electrons. The number of carbonyl (C=O) groups excluding carboxylic acids is 2. The standard InChI is InChI=1S/C18H20N6O6S3/c19-18(20)22-6-1-2-10(23-27)15(25)16(26)17-11(5-7-31-17)24-33(28,29)14-4-3-13(32-14)12-8-21-9-30-12/h3-5,7-10,23-24,27H,1-2,6H2,(H4,19,20,22)/t10-/m0/s1. The highest BCUT2D eigenvalue weighted by Gasteiger charge is 2.30. The summed E-state index contributed by atoms with van der Waals surface area (Å²) >= 11 is 1.86. The molecule has 33 heavy (non-hydrogen) atoms. The average Bonchev–Trinajstić information content (AvgIpc) is 3.53. The van der Waals surface area contributed by atoms with Gasteiger partial charge >= 0.3 is 0 Å². The lowest BCUT2D eigenvalue weighted by Gasteiger charge is -2.13. The van der Waals surface area contributed by atoms with Crippen molar-refractivity contribution in [3.8, 4) is 10.6 Å². The number of nitrogens with one attached hydrogen (secondary N) is 2. The summed E-state index contributed by atoms with van der Waals surface area (Å²) in [6, 6.07) is 3.16. The molecular weight excluding hydrogens is 492 g/mol. The first-order valence-electron chi connectivity index (χ1n) is 9.35. The number of aromatic nitrogens is 1. The Kier molecular flexibility index (Phi) is 7.93. The number of sulfonamides is 1. The van der Waals surface area contributed by atoms with Gasteiger partial charge in [0.05, 0.1) is 22.8 Å². The topological polar surface area (TPSA) is 203 Å². The van der Waals surface area contributed by atoms with Crippen molar-refractivity contribution in [2.24, 2.45) is 16.5 Å². The van der Waals surface area contributed by atoms with Crippen molar-refractivity contribution >= 4 is 55.9 Å². The first-order valence-corrected chi connectivity index (χ1v) is 12.5. The highest BCUT2D eigenvalue weighted by Crippen LogP contribution is 2.33. The number of thiophene rings is 2. The Morgan fingerprint density at radius 3 is 2.73 bits per heavy atom. The van der Waals surface area contributed by atoms with E-state index in [2.05, 4.69) is 14.7 Å². The molecule has 15 heteroatoms. The molecule has 0 fully saturated rings. The predicted molar refractivity (Wildman–Crippen MR) is 123 cm³/mol. The van der Waals surface area contributed by atoms with Crippen LogP contribution < -0.4 is 21.7 Å². The quantitative estimate of drug-likeness (QED) is 0.0589. The molecule has 0 radical (unpaired) electrons. The predicted octanol–water partition coefficient (Wildman–Crippen LogP) is 1.42. The minimum absolute atomic E-state index is 0.0144. The second-order valence-electron chi connectivity index (χ2n) is 6.58. The fraction of sp³-hybridized carbons (Fsp3) is 0.222. The number of aliphatic imine (C=N–C) groups is 1. The molecular formula is C18H20N6O6S3. The van der Waals surface area contributed by atoms with Crippen LogP contribution in [0.5, 0.6) is 0 Å². The third-order valence-corrected chi connectivity index (χ3v) is 8.15. The van der Waals surface area contributed by atoms with Crippen LogP contribution in [-0.2, 0) is 14.8 Å². The van der Waals surface area contributed by atoms with Crippen LogP contribution in [0.2, 0.25) is 0 Å². The van der Waals surface area contributed by atoms with Crippen LogP contribution in [-0.4, -0.2) is 48.7 Å². The van der Waals surface area contributed by atoms with Gasteiger partial charge in [-0.05, 0) is 36.4 Å². The summed E-state index contributed by atoms with van der Waals surface area (Å²) in [6.45, 7) is 0.211. The van der Waals surface area contributed by atoms with E-state index in [0.29, 0.717) is 17.1 Å². The number of hydrogen-bond donors (Lipinski definition) is 5. The lowest BCUT2D eigenvalue weighted by molar-refractivity contribution is -0.119. The number of anilines is 1. The maximum Gasteiger partial charge on any atom is 0.271 e. The van der Waals surface area contributed by atoms with Crippen molar-refractivity contribution in [3.05, 3.63) is 41.0 Å². The van der Waals surface area contributed by atoms with Crippen LogP contribution in [0, 0.1) is 0 Å². The molecule has 0 aliphatic rings. The minimum Gasteiger partial charge on any atom is -0.443 e. The van der Waals surface area contributed by atoms with E-state index in [1.807, 2.05) is 5.48 Å². The number of guanidine groups is 1. The molecule has 0 spiro atoms. The van der Waals surface area contributed by atoms with Crippen LogP contribution in [0.25, 0.3) is 10.6 Å². The summed E-state index contributed by atoms with van der Waals surface area (Å²) < 4.78 is 33.1. The van der Waals surface area contributed by atoms with Gasteiger partial charge < -0.3 is 21.1 Å².